The van der Waals surface area contributed by atoms with Gasteiger partial charge in [0, 0.05) is 36.9 Å². The Bertz CT molecular complexity index is 586. The van der Waals surface area contributed by atoms with Crippen LogP contribution in [0.5, 0.6) is 0 Å². The molecule has 1 fully saturated rings. The third-order valence-electron chi connectivity index (χ3n) is 4.05. The number of nitrogens with two attached hydrogens (primary N) is 1. The number of carbonyl (C=O) groups excluding carboxylic acids is 1. The molecule has 1 aliphatic rings. The Kier molecular flexibility index (Phi) is 3.87. The molecular formula is C14H20N4O3. The number of carbonyl (C=O) groups is 1. The third-order valence-corrected chi connectivity index (χ3v) is 4.05. The van der Waals surface area contributed by atoms with Crippen molar-refractivity contribution < 1.29 is 9.72 Å². The maximum Gasteiger partial charge on any atom is 0.282 e. The van der Waals surface area contributed by atoms with Crippen LogP contribution in [0, 0.1) is 10.1 Å². The van der Waals surface area contributed by atoms with E-state index in [0.29, 0.717) is 18.8 Å². The van der Waals surface area contributed by atoms with Gasteiger partial charge in [-0.1, -0.05) is 0 Å². The second-order valence-electron chi connectivity index (χ2n) is 5.99. The molecule has 0 atom stereocenters. The van der Waals surface area contributed by atoms with Gasteiger partial charge in [0.25, 0.3) is 11.6 Å². The average Bonchev–Trinajstić information content (AvgIpc) is 2.40. The molecule has 7 nitrogen and oxygen atoms in total. The number of rotatable bonds is 2. The van der Waals surface area contributed by atoms with Crippen LogP contribution in [0.3, 0.4) is 0 Å². The maximum atomic E-state index is 12.6. The number of anilines is 1. The molecule has 21 heavy (non-hydrogen) atoms. The molecule has 2 rings (SSSR count). The summed E-state index contributed by atoms with van der Waals surface area (Å²) in [5, 5.41) is 11.1. The Morgan fingerprint density at radius 3 is 2.62 bits per heavy atom. The number of nitrogens with zero attached hydrogens (tertiary/aromatic N) is 3. The van der Waals surface area contributed by atoms with Gasteiger partial charge in [-0.05, 0) is 33.0 Å². The fraction of sp³-hybridized carbons (Fsp3) is 0.500. The number of amides is 1. The van der Waals surface area contributed by atoms with E-state index >= 15 is 0 Å². The van der Waals surface area contributed by atoms with E-state index in [9.17, 15) is 14.9 Å². The first kappa shape index (κ1) is 15.2. The largest absolute Gasteiger partial charge is 0.399 e. The van der Waals surface area contributed by atoms with Gasteiger partial charge >= 0.3 is 0 Å². The van der Waals surface area contributed by atoms with Crippen molar-refractivity contribution in [3.05, 3.63) is 33.9 Å². The van der Waals surface area contributed by atoms with Crippen molar-refractivity contribution in [1.29, 1.82) is 0 Å². The van der Waals surface area contributed by atoms with Crippen molar-refractivity contribution in [3.63, 3.8) is 0 Å². The quantitative estimate of drug-likeness (QED) is 0.504. The zero-order valence-electron chi connectivity index (χ0n) is 12.5. The standard InChI is InChI=1S/C14H20N4O3/c1-14(2)9-17(7-6-16(14)3)13(19)11-8-10(15)4-5-12(11)18(20)21/h4-5,8H,6-7,9,15H2,1-3H3. The highest BCUT2D eigenvalue weighted by Crippen LogP contribution is 2.26. The number of nitro groups is 1. The third kappa shape index (κ3) is 2.97. The normalized spacial score (nSPS) is 18.5. The summed E-state index contributed by atoms with van der Waals surface area (Å²) in [6.07, 6.45) is 0. The van der Waals surface area contributed by atoms with Crippen LogP contribution >= 0.6 is 0 Å². The van der Waals surface area contributed by atoms with Crippen molar-refractivity contribution in [3.8, 4) is 0 Å². The predicted octanol–water partition coefficient (Wildman–Crippen LogP) is 1.34. The van der Waals surface area contributed by atoms with Gasteiger partial charge in [-0.15, -0.1) is 0 Å². The summed E-state index contributed by atoms with van der Waals surface area (Å²) < 4.78 is 0. The van der Waals surface area contributed by atoms with E-state index in [1.807, 2.05) is 20.9 Å². The fourth-order valence-electron chi connectivity index (χ4n) is 2.47. The zero-order valence-corrected chi connectivity index (χ0v) is 12.5. The summed E-state index contributed by atoms with van der Waals surface area (Å²) in [5.74, 6) is -0.338. The van der Waals surface area contributed by atoms with Crippen LogP contribution < -0.4 is 5.73 Å². The van der Waals surface area contributed by atoms with Gasteiger partial charge in [0.1, 0.15) is 5.56 Å². The zero-order chi connectivity index (χ0) is 15.8. The highest BCUT2D eigenvalue weighted by atomic mass is 16.6. The van der Waals surface area contributed by atoms with Crippen LogP contribution in [-0.2, 0) is 0 Å². The van der Waals surface area contributed by atoms with Crippen LogP contribution in [-0.4, -0.2) is 52.9 Å². The molecule has 0 unspecified atom stereocenters. The molecule has 0 aliphatic carbocycles. The lowest BCUT2D eigenvalue weighted by atomic mass is 9.98. The number of nitro benzene ring substituents is 1. The van der Waals surface area contributed by atoms with Crippen LogP contribution in [0.4, 0.5) is 11.4 Å². The van der Waals surface area contributed by atoms with E-state index < -0.39 is 4.92 Å². The number of hydrogen-bond donors (Lipinski definition) is 1. The maximum absolute atomic E-state index is 12.6. The van der Waals surface area contributed by atoms with Crippen molar-refractivity contribution in [1.82, 2.24) is 9.80 Å². The number of likely N-dealkylation sites (N-methyl/N-ethyl adjacent to an activating group) is 1. The minimum atomic E-state index is -0.548. The smallest absolute Gasteiger partial charge is 0.282 e. The Balaban J connectivity index is 2.32. The van der Waals surface area contributed by atoms with Crippen LogP contribution in [0.1, 0.15) is 24.2 Å². The Hall–Kier alpha value is -2.15. The summed E-state index contributed by atoms with van der Waals surface area (Å²) in [7, 11) is 2.00. The number of piperazine rings is 1. The summed E-state index contributed by atoms with van der Waals surface area (Å²) in [6, 6.07) is 4.10. The van der Waals surface area contributed by atoms with Gasteiger partial charge < -0.3 is 10.6 Å². The molecule has 7 heteroatoms. The van der Waals surface area contributed by atoms with E-state index in [-0.39, 0.29) is 22.7 Å². The van der Waals surface area contributed by atoms with Crippen LogP contribution in [0.15, 0.2) is 18.2 Å². The predicted molar refractivity (Wildman–Crippen MR) is 80.1 cm³/mol. The highest BCUT2D eigenvalue weighted by molar-refractivity contribution is 5.99. The average molecular weight is 292 g/mol. The van der Waals surface area contributed by atoms with Gasteiger partial charge in [-0.3, -0.25) is 19.8 Å². The molecular weight excluding hydrogens is 272 g/mol. The molecule has 1 amide bonds. The summed E-state index contributed by atoms with van der Waals surface area (Å²) >= 11 is 0. The van der Waals surface area contributed by atoms with Gasteiger partial charge in [0.2, 0.25) is 0 Å². The molecule has 0 spiro atoms. The molecule has 1 aromatic carbocycles. The number of hydrogen-bond acceptors (Lipinski definition) is 5. The van der Waals surface area contributed by atoms with E-state index in [1.54, 1.807) is 4.90 Å². The second-order valence-corrected chi connectivity index (χ2v) is 5.99. The summed E-state index contributed by atoms with van der Waals surface area (Å²) in [4.78, 5) is 27.0. The number of nitrogen functional groups attached to an aromatic ring is 1. The Morgan fingerprint density at radius 1 is 1.38 bits per heavy atom. The monoisotopic (exact) mass is 292 g/mol. The fourth-order valence-corrected chi connectivity index (χ4v) is 2.47. The lowest BCUT2D eigenvalue weighted by Gasteiger charge is -2.45. The van der Waals surface area contributed by atoms with Crippen molar-refractivity contribution in [2.24, 2.45) is 0 Å². The first-order chi connectivity index (χ1) is 9.72. The topological polar surface area (TPSA) is 92.7 Å². The Labute approximate surface area is 123 Å². The van der Waals surface area contributed by atoms with Crippen molar-refractivity contribution in [2.45, 2.75) is 19.4 Å². The molecule has 0 saturated carbocycles. The summed E-state index contributed by atoms with van der Waals surface area (Å²) in [6.45, 7) is 5.88. The molecule has 114 valence electrons. The lowest BCUT2D eigenvalue weighted by molar-refractivity contribution is -0.385. The number of benzene rings is 1. The molecule has 1 heterocycles. The second kappa shape index (κ2) is 5.33. The van der Waals surface area contributed by atoms with Crippen LogP contribution in [0.2, 0.25) is 0 Å². The lowest BCUT2D eigenvalue weighted by Crippen LogP contribution is -2.58. The van der Waals surface area contributed by atoms with Gasteiger partial charge in [-0.25, -0.2) is 0 Å². The Morgan fingerprint density at radius 2 is 2.05 bits per heavy atom. The first-order valence-corrected chi connectivity index (χ1v) is 6.77. The van der Waals surface area contributed by atoms with Gasteiger partial charge in [0.15, 0.2) is 0 Å². The van der Waals surface area contributed by atoms with E-state index in [0.717, 1.165) is 6.54 Å². The highest BCUT2D eigenvalue weighted by Gasteiger charge is 2.35. The summed E-state index contributed by atoms with van der Waals surface area (Å²) in [5.41, 5.74) is 5.70. The van der Waals surface area contributed by atoms with Crippen LogP contribution in [0.25, 0.3) is 0 Å². The molecule has 0 bridgehead atoms. The minimum Gasteiger partial charge on any atom is -0.399 e. The van der Waals surface area contributed by atoms with Gasteiger partial charge in [0.05, 0.1) is 4.92 Å². The van der Waals surface area contributed by atoms with E-state index in [1.165, 1.54) is 18.2 Å². The van der Waals surface area contributed by atoms with Gasteiger partial charge in [-0.2, -0.15) is 0 Å². The molecule has 1 aromatic rings. The SMILES string of the molecule is CN1CCN(C(=O)c2cc(N)ccc2[N+](=O)[O-])CC1(C)C. The molecule has 0 radical (unpaired) electrons. The van der Waals surface area contributed by atoms with Crippen molar-refractivity contribution in [2.75, 3.05) is 32.4 Å². The molecule has 2 N–H and O–H groups in total. The first-order valence-electron chi connectivity index (χ1n) is 6.77. The van der Waals surface area contributed by atoms with E-state index in [4.69, 9.17) is 5.73 Å². The molecule has 1 aliphatic heterocycles. The van der Waals surface area contributed by atoms with E-state index in [2.05, 4.69) is 4.90 Å². The molecule has 1 saturated heterocycles. The van der Waals surface area contributed by atoms with Crippen molar-refractivity contribution >= 4 is 17.3 Å². The molecule has 0 aromatic heterocycles. The minimum absolute atomic E-state index is 0.0559.